The van der Waals surface area contributed by atoms with E-state index in [0.29, 0.717) is 6.10 Å². The fourth-order valence-electron chi connectivity index (χ4n) is 3.62. The minimum atomic E-state index is 0.299. The SMILES string of the molecule is CN(C[C@@H]1CCCCO1)c1nc(-c2cccnc2)nc2c1CCNC2. The average molecular weight is 339 g/mol. The van der Waals surface area contributed by atoms with Gasteiger partial charge in [0.15, 0.2) is 5.82 Å². The van der Waals surface area contributed by atoms with E-state index in [1.807, 2.05) is 18.3 Å². The van der Waals surface area contributed by atoms with Crippen LogP contribution in [0.1, 0.15) is 30.5 Å². The maximum atomic E-state index is 5.92. The van der Waals surface area contributed by atoms with Crippen LogP contribution >= 0.6 is 0 Å². The van der Waals surface area contributed by atoms with Crippen LogP contribution in [0.15, 0.2) is 24.5 Å². The van der Waals surface area contributed by atoms with Crippen molar-refractivity contribution in [2.24, 2.45) is 0 Å². The molecule has 1 atom stereocenters. The molecule has 2 aliphatic rings. The number of aromatic nitrogens is 3. The first kappa shape index (κ1) is 16.4. The smallest absolute Gasteiger partial charge is 0.163 e. The number of ether oxygens (including phenoxy) is 1. The van der Waals surface area contributed by atoms with Crippen molar-refractivity contribution >= 4 is 5.82 Å². The molecule has 6 nitrogen and oxygen atoms in total. The van der Waals surface area contributed by atoms with E-state index in [1.165, 1.54) is 18.4 Å². The van der Waals surface area contributed by atoms with Gasteiger partial charge in [-0.1, -0.05) is 0 Å². The molecule has 0 saturated carbocycles. The molecule has 2 aromatic rings. The van der Waals surface area contributed by atoms with Gasteiger partial charge >= 0.3 is 0 Å². The molecular formula is C19H25N5O. The van der Waals surface area contributed by atoms with Crippen molar-refractivity contribution in [1.29, 1.82) is 0 Å². The molecule has 4 heterocycles. The molecule has 25 heavy (non-hydrogen) atoms. The number of rotatable bonds is 4. The highest BCUT2D eigenvalue weighted by molar-refractivity contribution is 5.60. The zero-order chi connectivity index (χ0) is 17.1. The molecule has 1 fully saturated rings. The first-order valence-electron chi connectivity index (χ1n) is 9.15. The van der Waals surface area contributed by atoms with Gasteiger partial charge in [0, 0.05) is 50.3 Å². The Balaban J connectivity index is 1.67. The van der Waals surface area contributed by atoms with Crippen LogP contribution in [0.2, 0.25) is 0 Å². The standard InChI is InChI=1S/C19H25N5O/c1-24(13-15-6-2-3-10-25-15)19-16-7-9-21-12-17(16)22-18(23-19)14-5-4-8-20-11-14/h4-5,8,11,15,21H,2-3,6-7,9-10,12-13H2,1H3/t15-/m0/s1. The molecule has 0 aromatic carbocycles. The molecule has 2 aromatic heterocycles. The lowest BCUT2D eigenvalue weighted by atomic mass is 10.0. The van der Waals surface area contributed by atoms with Gasteiger partial charge in [0.1, 0.15) is 5.82 Å². The molecule has 0 amide bonds. The van der Waals surface area contributed by atoms with Crippen LogP contribution in [-0.2, 0) is 17.7 Å². The minimum absolute atomic E-state index is 0.299. The summed E-state index contributed by atoms with van der Waals surface area (Å²) in [7, 11) is 2.12. The molecule has 0 radical (unpaired) electrons. The van der Waals surface area contributed by atoms with Crippen molar-refractivity contribution in [3.05, 3.63) is 35.8 Å². The van der Waals surface area contributed by atoms with Crippen molar-refractivity contribution in [3.8, 4) is 11.4 Å². The Morgan fingerprint density at radius 3 is 3.08 bits per heavy atom. The number of nitrogens with one attached hydrogen (secondary N) is 1. The summed E-state index contributed by atoms with van der Waals surface area (Å²) in [6.45, 7) is 3.53. The van der Waals surface area contributed by atoms with Gasteiger partial charge in [-0.15, -0.1) is 0 Å². The van der Waals surface area contributed by atoms with Gasteiger partial charge in [0.25, 0.3) is 0 Å². The molecule has 1 saturated heterocycles. The van der Waals surface area contributed by atoms with Gasteiger partial charge < -0.3 is 15.0 Å². The second-order valence-electron chi connectivity index (χ2n) is 6.83. The van der Waals surface area contributed by atoms with Gasteiger partial charge in [0.05, 0.1) is 11.8 Å². The Morgan fingerprint density at radius 1 is 1.32 bits per heavy atom. The summed E-state index contributed by atoms with van der Waals surface area (Å²) >= 11 is 0. The van der Waals surface area contributed by atoms with Gasteiger partial charge in [-0.05, 0) is 44.4 Å². The van der Waals surface area contributed by atoms with Crippen molar-refractivity contribution in [2.75, 3.05) is 31.6 Å². The molecule has 0 bridgehead atoms. The van der Waals surface area contributed by atoms with Crippen LogP contribution < -0.4 is 10.2 Å². The van der Waals surface area contributed by atoms with Crippen LogP contribution in [0.25, 0.3) is 11.4 Å². The Kier molecular flexibility index (Phi) is 4.90. The second-order valence-corrected chi connectivity index (χ2v) is 6.83. The molecule has 1 N–H and O–H groups in total. The minimum Gasteiger partial charge on any atom is -0.376 e. The van der Waals surface area contributed by atoms with Crippen LogP contribution in [-0.4, -0.2) is 47.8 Å². The highest BCUT2D eigenvalue weighted by Crippen LogP contribution is 2.27. The molecule has 2 aliphatic heterocycles. The van der Waals surface area contributed by atoms with E-state index in [9.17, 15) is 0 Å². The van der Waals surface area contributed by atoms with E-state index in [0.717, 1.165) is 62.0 Å². The first-order chi connectivity index (χ1) is 12.3. The summed E-state index contributed by atoms with van der Waals surface area (Å²) < 4.78 is 5.92. The van der Waals surface area contributed by atoms with E-state index in [-0.39, 0.29) is 0 Å². The molecule has 4 rings (SSSR count). The molecule has 0 unspecified atom stereocenters. The topological polar surface area (TPSA) is 63.2 Å². The Hall–Kier alpha value is -2.05. The maximum absolute atomic E-state index is 5.92. The fraction of sp³-hybridized carbons (Fsp3) is 0.526. The van der Waals surface area contributed by atoms with Crippen LogP contribution in [0, 0.1) is 0 Å². The number of hydrogen-bond donors (Lipinski definition) is 1. The van der Waals surface area contributed by atoms with E-state index in [2.05, 4.69) is 22.2 Å². The predicted octanol–water partition coefficient (Wildman–Crippen LogP) is 2.19. The zero-order valence-corrected chi connectivity index (χ0v) is 14.7. The average Bonchev–Trinajstić information content (AvgIpc) is 2.68. The van der Waals surface area contributed by atoms with Gasteiger partial charge in [-0.2, -0.15) is 0 Å². The molecule has 0 aliphatic carbocycles. The predicted molar refractivity (Wildman–Crippen MR) is 97.5 cm³/mol. The van der Waals surface area contributed by atoms with E-state index in [4.69, 9.17) is 14.7 Å². The zero-order valence-electron chi connectivity index (χ0n) is 14.7. The summed E-state index contributed by atoms with van der Waals surface area (Å²) in [5.41, 5.74) is 3.33. The van der Waals surface area contributed by atoms with Crippen LogP contribution in [0.5, 0.6) is 0 Å². The highest BCUT2D eigenvalue weighted by atomic mass is 16.5. The van der Waals surface area contributed by atoms with Crippen LogP contribution in [0.4, 0.5) is 5.82 Å². The normalized spacial score (nSPS) is 20.1. The Labute approximate surface area is 148 Å². The summed E-state index contributed by atoms with van der Waals surface area (Å²) in [6.07, 6.45) is 8.43. The lowest BCUT2D eigenvalue weighted by Crippen LogP contribution is -2.36. The Bertz CT molecular complexity index is 715. The summed E-state index contributed by atoms with van der Waals surface area (Å²) in [6, 6.07) is 3.94. The second kappa shape index (κ2) is 7.45. The number of likely N-dealkylation sites (N-methyl/N-ethyl adjacent to an activating group) is 1. The third-order valence-corrected chi connectivity index (χ3v) is 4.95. The number of anilines is 1. The summed E-state index contributed by atoms with van der Waals surface area (Å²) in [5, 5.41) is 3.42. The largest absolute Gasteiger partial charge is 0.376 e. The molecule has 6 heteroatoms. The lowest BCUT2D eigenvalue weighted by Gasteiger charge is -2.30. The van der Waals surface area contributed by atoms with E-state index in [1.54, 1.807) is 6.20 Å². The summed E-state index contributed by atoms with van der Waals surface area (Å²) in [4.78, 5) is 16.2. The number of pyridine rings is 1. The summed E-state index contributed by atoms with van der Waals surface area (Å²) in [5.74, 6) is 1.79. The van der Waals surface area contributed by atoms with E-state index < -0.39 is 0 Å². The van der Waals surface area contributed by atoms with Crippen molar-refractivity contribution in [3.63, 3.8) is 0 Å². The van der Waals surface area contributed by atoms with E-state index >= 15 is 0 Å². The van der Waals surface area contributed by atoms with Gasteiger partial charge in [-0.3, -0.25) is 4.98 Å². The van der Waals surface area contributed by atoms with Crippen molar-refractivity contribution in [1.82, 2.24) is 20.3 Å². The monoisotopic (exact) mass is 339 g/mol. The number of nitrogens with zero attached hydrogens (tertiary/aromatic N) is 4. The highest BCUT2D eigenvalue weighted by Gasteiger charge is 2.23. The van der Waals surface area contributed by atoms with Crippen LogP contribution in [0.3, 0.4) is 0 Å². The third kappa shape index (κ3) is 3.65. The quantitative estimate of drug-likeness (QED) is 0.921. The Morgan fingerprint density at radius 2 is 2.28 bits per heavy atom. The molecule has 0 spiro atoms. The molecular weight excluding hydrogens is 314 g/mol. The first-order valence-corrected chi connectivity index (χ1v) is 9.15. The maximum Gasteiger partial charge on any atom is 0.163 e. The van der Waals surface area contributed by atoms with Gasteiger partial charge in [-0.25, -0.2) is 9.97 Å². The number of hydrogen-bond acceptors (Lipinski definition) is 6. The molecule has 132 valence electrons. The van der Waals surface area contributed by atoms with Crippen molar-refractivity contribution < 1.29 is 4.74 Å². The number of fused-ring (bicyclic) bond motifs is 1. The lowest BCUT2D eigenvalue weighted by molar-refractivity contribution is 0.0215. The van der Waals surface area contributed by atoms with Gasteiger partial charge in [0.2, 0.25) is 0 Å². The van der Waals surface area contributed by atoms with Crippen molar-refractivity contribution in [2.45, 2.75) is 38.3 Å². The fourth-order valence-corrected chi connectivity index (χ4v) is 3.62. The third-order valence-electron chi connectivity index (χ3n) is 4.95.